The summed E-state index contributed by atoms with van der Waals surface area (Å²) in [5.41, 5.74) is 2.38. The van der Waals surface area contributed by atoms with Crippen molar-refractivity contribution in [3.8, 4) is 0 Å². The zero-order chi connectivity index (χ0) is 11.5. The van der Waals surface area contributed by atoms with Crippen LogP contribution >= 0.6 is 0 Å². The van der Waals surface area contributed by atoms with Crippen molar-refractivity contribution in [2.45, 2.75) is 45.6 Å². The summed E-state index contributed by atoms with van der Waals surface area (Å²) in [7, 11) is 0. The Morgan fingerprint density at radius 3 is 2.50 bits per heavy atom. The van der Waals surface area contributed by atoms with Crippen LogP contribution in [0.4, 0.5) is 5.69 Å². The molecule has 86 valence electrons. The summed E-state index contributed by atoms with van der Waals surface area (Å²) < 4.78 is 0. The van der Waals surface area contributed by atoms with E-state index in [4.69, 9.17) is 0 Å². The van der Waals surface area contributed by atoms with Gasteiger partial charge in [0.25, 0.3) is 0 Å². The molecule has 2 nitrogen and oxygen atoms in total. The van der Waals surface area contributed by atoms with Gasteiger partial charge in [0, 0.05) is 18.2 Å². The van der Waals surface area contributed by atoms with E-state index in [1.165, 1.54) is 5.56 Å². The summed E-state index contributed by atoms with van der Waals surface area (Å²) in [6.45, 7) is 4.29. The quantitative estimate of drug-likeness (QED) is 0.761. The van der Waals surface area contributed by atoms with E-state index < -0.39 is 0 Å². The van der Waals surface area contributed by atoms with Crippen molar-refractivity contribution in [2.75, 3.05) is 4.90 Å². The molecule has 1 unspecified atom stereocenters. The molecule has 1 aromatic carbocycles. The summed E-state index contributed by atoms with van der Waals surface area (Å²) in [6, 6.07) is 8.79. The third-order valence-corrected chi connectivity index (χ3v) is 3.42. The first-order valence-corrected chi connectivity index (χ1v) is 6.17. The smallest absolute Gasteiger partial charge is 0.227 e. The summed E-state index contributed by atoms with van der Waals surface area (Å²) >= 11 is 0. The molecule has 1 aliphatic rings. The Balaban J connectivity index is 2.24. The molecule has 1 amide bonds. The molecular weight excluding hydrogens is 198 g/mol. The van der Waals surface area contributed by atoms with Crippen LogP contribution in [0, 0.1) is 0 Å². The molecule has 16 heavy (non-hydrogen) atoms. The largest absolute Gasteiger partial charge is 0.309 e. The lowest BCUT2D eigenvalue weighted by atomic mass is 10.1. The Morgan fingerprint density at radius 1 is 1.25 bits per heavy atom. The highest BCUT2D eigenvalue weighted by molar-refractivity contribution is 5.96. The van der Waals surface area contributed by atoms with Gasteiger partial charge in [0.15, 0.2) is 0 Å². The highest BCUT2D eigenvalue weighted by Crippen LogP contribution is 2.28. The van der Waals surface area contributed by atoms with E-state index in [-0.39, 0.29) is 5.91 Å². The predicted octanol–water partition coefficient (Wildman–Crippen LogP) is 3.15. The zero-order valence-corrected chi connectivity index (χ0v) is 10.1. The molecular formula is C14H19NO. The average molecular weight is 217 g/mol. The van der Waals surface area contributed by atoms with E-state index in [2.05, 4.69) is 38.1 Å². The summed E-state index contributed by atoms with van der Waals surface area (Å²) in [5.74, 6) is 0.274. The van der Waals surface area contributed by atoms with E-state index in [0.717, 1.165) is 24.9 Å². The molecule has 2 rings (SSSR count). The topological polar surface area (TPSA) is 20.3 Å². The Bertz CT molecular complexity index is 369. The van der Waals surface area contributed by atoms with Crippen LogP contribution in [0.5, 0.6) is 0 Å². The Morgan fingerprint density at radius 2 is 1.94 bits per heavy atom. The van der Waals surface area contributed by atoms with Crippen LogP contribution in [-0.2, 0) is 11.2 Å². The highest BCUT2D eigenvalue weighted by atomic mass is 16.2. The van der Waals surface area contributed by atoms with Gasteiger partial charge < -0.3 is 4.90 Å². The van der Waals surface area contributed by atoms with Crippen molar-refractivity contribution < 1.29 is 4.79 Å². The number of rotatable bonds is 3. The number of carbonyl (C=O) groups excluding carboxylic acids is 1. The van der Waals surface area contributed by atoms with Gasteiger partial charge in [0.1, 0.15) is 0 Å². The molecule has 1 heterocycles. The van der Waals surface area contributed by atoms with E-state index in [1.54, 1.807) is 0 Å². The van der Waals surface area contributed by atoms with E-state index in [0.29, 0.717) is 12.5 Å². The maximum atomic E-state index is 11.8. The summed E-state index contributed by atoms with van der Waals surface area (Å²) in [5, 5.41) is 0. The van der Waals surface area contributed by atoms with Crippen LogP contribution < -0.4 is 4.90 Å². The van der Waals surface area contributed by atoms with E-state index >= 15 is 0 Å². The maximum absolute atomic E-state index is 11.8. The third kappa shape index (κ3) is 1.97. The lowest BCUT2D eigenvalue weighted by Gasteiger charge is -2.24. The lowest BCUT2D eigenvalue weighted by molar-refractivity contribution is -0.117. The van der Waals surface area contributed by atoms with Crippen molar-refractivity contribution in [1.29, 1.82) is 0 Å². The number of hydrogen-bond acceptors (Lipinski definition) is 1. The van der Waals surface area contributed by atoms with Gasteiger partial charge >= 0.3 is 0 Å². The van der Waals surface area contributed by atoms with Crippen LogP contribution in [0.3, 0.4) is 0 Å². The van der Waals surface area contributed by atoms with Crippen LogP contribution in [0.15, 0.2) is 24.3 Å². The standard InChI is InChI=1S/C14H19NO/c1-3-11-5-7-13(8-6-11)15-12(4-2)9-10-14(15)16/h5-8,12H,3-4,9-10H2,1-2H3. The number of nitrogens with zero attached hydrogens (tertiary/aromatic N) is 1. The molecule has 1 aromatic rings. The molecule has 2 heteroatoms. The molecule has 1 fully saturated rings. The molecule has 1 aliphatic heterocycles. The summed E-state index contributed by atoms with van der Waals surface area (Å²) in [6.07, 6.45) is 3.80. The van der Waals surface area contributed by atoms with Gasteiger partial charge in [0.2, 0.25) is 5.91 Å². The molecule has 1 saturated heterocycles. The Labute approximate surface area is 97.3 Å². The van der Waals surface area contributed by atoms with Crippen LogP contribution in [0.2, 0.25) is 0 Å². The van der Waals surface area contributed by atoms with Crippen molar-refractivity contribution >= 4 is 11.6 Å². The summed E-state index contributed by atoms with van der Waals surface area (Å²) in [4.78, 5) is 13.8. The SMILES string of the molecule is CCc1ccc(N2C(=O)CCC2CC)cc1. The first-order chi connectivity index (χ1) is 7.76. The number of benzene rings is 1. The molecule has 0 radical (unpaired) electrons. The number of carbonyl (C=O) groups is 1. The van der Waals surface area contributed by atoms with Gasteiger partial charge in [0.05, 0.1) is 0 Å². The minimum Gasteiger partial charge on any atom is -0.309 e. The minimum atomic E-state index is 0.274. The molecule has 0 saturated carbocycles. The second kappa shape index (κ2) is 4.69. The van der Waals surface area contributed by atoms with Crippen LogP contribution in [0.1, 0.15) is 38.7 Å². The molecule has 0 bridgehead atoms. The second-order valence-electron chi connectivity index (χ2n) is 4.38. The fraction of sp³-hybridized carbons (Fsp3) is 0.500. The lowest BCUT2D eigenvalue weighted by Crippen LogP contribution is -2.32. The predicted molar refractivity (Wildman–Crippen MR) is 66.6 cm³/mol. The number of anilines is 1. The Hall–Kier alpha value is -1.31. The molecule has 0 aliphatic carbocycles. The van der Waals surface area contributed by atoms with E-state index in [1.807, 2.05) is 4.90 Å². The van der Waals surface area contributed by atoms with Gasteiger partial charge in [-0.15, -0.1) is 0 Å². The fourth-order valence-corrected chi connectivity index (χ4v) is 2.38. The average Bonchev–Trinajstić information content (AvgIpc) is 2.70. The highest BCUT2D eigenvalue weighted by Gasteiger charge is 2.30. The molecule has 0 spiro atoms. The van der Waals surface area contributed by atoms with Gasteiger partial charge in [-0.3, -0.25) is 4.79 Å². The minimum absolute atomic E-state index is 0.274. The van der Waals surface area contributed by atoms with Crippen molar-refractivity contribution in [3.63, 3.8) is 0 Å². The number of aryl methyl sites for hydroxylation is 1. The normalized spacial score (nSPS) is 20.5. The van der Waals surface area contributed by atoms with Crippen molar-refractivity contribution in [3.05, 3.63) is 29.8 Å². The fourth-order valence-electron chi connectivity index (χ4n) is 2.38. The third-order valence-electron chi connectivity index (χ3n) is 3.42. The first kappa shape index (κ1) is 11.2. The molecule has 1 atom stereocenters. The van der Waals surface area contributed by atoms with Gasteiger partial charge in [-0.25, -0.2) is 0 Å². The number of hydrogen-bond donors (Lipinski definition) is 0. The monoisotopic (exact) mass is 217 g/mol. The molecule has 0 N–H and O–H groups in total. The van der Waals surface area contributed by atoms with E-state index in [9.17, 15) is 4.79 Å². The maximum Gasteiger partial charge on any atom is 0.227 e. The molecule has 0 aromatic heterocycles. The van der Waals surface area contributed by atoms with Crippen LogP contribution in [-0.4, -0.2) is 11.9 Å². The van der Waals surface area contributed by atoms with Crippen molar-refractivity contribution in [1.82, 2.24) is 0 Å². The van der Waals surface area contributed by atoms with Crippen molar-refractivity contribution in [2.24, 2.45) is 0 Å². The Kier molecular flexibility index (Phi) is 3.28. The van der Waals surface area contributed by atoms with Crippen LogP contribution in [0.25, 0.3) is 0 Å². The first-order valence-electron chi connectivity index (χ1n) is 6.17. The van der Waals surface area contributed by atoms with Gasteiger partial charge in [-0.2, -0.15) is 0 Å². The van der Waals surface area contributed by atoms with Gasteiger partial charge in [-0.1, -0.05) is 26.0 Å². The number of amides is 1. The zero-order valence-electron chi connectivity index (χ0n) is 10.1. The van der Waals surface area contributed by atoms with Gasteiger partial charge in [-0.05, 0) is 37.0 Å². The second-order valence-corrected chi connectivity index (χ2v) is 4.38.